The third-order valence-electron chi connectivity index (χ3n) is 2.51. The molecule has 1 N–H and O–H groups in total. The number of halogens is 1. The molecule has 0 aliphatic heterocycles. The third-order valence-corrected chi connectivity index (χ3v) is 3.21. The minimum Gasteiger partial charge on any atom is -0.478 e. The van der Waals surface area contributed by atoms with Crippen molar-refractivity contribution in [3.63, 3.8) is 0 Å². The Hall–Kier alpha value is -1.87. The van der Waals surface area contributed by atoms with E-state index in [0.29, 0.717) is 0 Å². The van der Waals surface area contributed by atoms with Crippen LogP contribution >= 0.6 is 15.9 Å². The Morgan fingerprint density at radius 3 is 2.33 bits per heavy atom. The number of carbonyl (C=O) groups is 1. The molecule has 18 heavy (non-hydrogen) atoms. The van der Waals surface area contributed by atoms with Gasteiger partial charge in [-0.2, -0.15) is 0 Å². The summed E-state index contributed by atoms with van der Waals surface area (Å²) in [6.45, 7) is 0. The standard InChI is InChI=1S/C15H11BrO2/c16-14-4-2-1-3-13(14)12-8-5-11(6-9-12)7-10-15(17)18/h1-10H,(H,17,18). The molecule has 0 fully saturated rings. The van der Waals surface area contributed by atoms with Gasteiger partial charge in [-0.05, 0) is 28.8 Å². The average Bonchev–Trinajstić information content (AvgIpc) is 2.38. The first-order chi connectivity index (χ1) is 8.66. The van der Waals surface area contributed by atoms with Crippen molar-refractivity contribution in [3.05, 3.63) is 64.6 Å². The van der Waals surface area contributed by atoms with E-state index in [9.17, 15) is 4.79 Å². The molecule has 2 rings (SSSR count). The number of carboxylic acid groups (broad SMARTS) is 1. The van der Waals surface area contributed by atoms with E-state index in [1.807, 2.05) is 48.5 Å². The Balaban J connectivity index is 2.28. The van der Waals surface area contributed by atoms with Crippen molar-refractivity contribution in [2.75, 3.05) is 0 Å². The largest absolute Gasteiger partial charge is 0.478 e. The highest BCUT2D eigenvalue weighted by molar-refractivity contribution is 9.10. The summed E-state index contributed by atoms with van der Waals surface area (Å²) in [6.07, 6.45) is 2.71. The fourth-order valence-corrected chi connectivity index (χ4v) is 2.15. The quantitative estimate of drug-likeness (QED) is 0.862. The van der Waals surface area contributed by atoms with E-state index in [1.165, 1.54) is 0 Å². The molecule has 2 nitrogen and oxygen atoms in total. The van der Waals surface area contributed by atoms with Gasteiger partial charge in [0.1, 0.15) is 0 Å². The van der Waals surface area contributed by atoms with Gasteiger partial charge in [0.15, 0.2) is 0 Å². The van der Waals surface area contributed by atoms with Crippen molar-refractivity contribution in [2.24, 2.45) is 0 Å². The van der Waals surface area contributed by atoms with E-state index >= 15 is 0 Å². The highest BCUT2D eigenvalue weighted by Crippen LogP contribution is 2.27. The lowest BCUT2D eigenvalue weighted by Crippen LogP contribution is -1.85. The maximum atomic E-state index is 10.4. The molecule has 0 spiro atoms. The summed E-state index contributed by atoms with van der Waals surface area (Å²) in [5, 5.41) is 8.55. The molecular formula is C15H11BrO2. The monoisotopic (exact) mass is 302 g/mol. The molecular weight excluding hydrogens is 292 g/mol. The molecule has 0 bridgehead atoms. The van der Waals surface area contributed by atoms with Crippen LogP contribution in [0.25, 0.3) is 17.2 Å². The van der Waals surface area contributed by atoms with Crippen LogP contribution in [0, 0.1) is 0 Å². The first-order valence-corrected chi connectivity index (χ1v) is 6.22. The van der Waals surface area contributed by atoms with Crippen LogP contribution in [0.2, 0.25) is 0 Å². The van der Waals surface area contributed by atoms with Crippen molar-refractivity contribution in [1.82, 2.24) is 0 Å². The van der Waals surface area contributed by atoms with E-state index in [2.05, 4.69) is 15.9 Å². The van der Waals surface area contributed by atoms with E-state index in [0.717, 1.165) is 27.2 Å². The van der Waals surface area contributed by atoms with Crippen LogP contribution < -0.4 is 0 Å². The molecule has 0 heterocycles. The molecule has 0 amide bonds. The number of benzene rings is 2. The molecule has 2 aromatic carbocycles. The predicted octanol–water partition coefficient (Wildman–Crippen LogP) is 4.21. The average molecular weight is 303 g/mol. The van der Waals surface area contributed by atoms with Crippen LogP contribution in [-0.2, 0) is 4.79 Å². The number of carboxylic acids is 1. The van der Waals surface area contributed by atoms with Crippen LogP contribution in [0.5, 0.6) is 0 Å². The zero-order valence-corrected chi connectivity index (χ0v) is 11.1. The molecule has 0 saturated carbocycles. The van der Waals surface area contributed by atoms with Crippen molar-refractivity contribution < 1.29 is 9.90 Å². The van der Waals surface area contributed by atoms with Crippen molar-refractivity contribution in [3.8, 4) is 11.1 Å². The third kappa shape index (κ3) is 3.08. The maximum absolute atomic E-state index is 10.4. The number of hydrogen-bond donors (Lipinski definition) is 1. The fraction of sp³-hybridized carbons (Fsp3) is 0. The summed E-state index contributed by atoms with van der Waals surface area (Å²) < 4.78 is 1.04. The zero-order valence-electron chi connectivity index (χ0n) is 9.51. The van der Waals surface area contributed by atoms with Gasteiger partial charge < -0.3 is 5.11 Å². The topological polar surface area (TPSA) is 37.3 Å². The SMILES string of the molecule is O=C(O)C=Cc1ccc(-c2ccccc2Br)cc1. The molecule has 0 radical (unpaired) electrons. The molecule has 0 aromatic heterocycles. The summed E-state index contributed by atoms with van der Waals surface area (Å²) in [4.78, 5) is 10.4. The summed E-state index contributed by atoms with van der Waals surface area (Å²) in [5.74, 6) is -0.940. The molecule has 0 aliphatic rings. The van der Waals surface area contributed by atoms with Gasteiger partial charge in [-0.15, -0.1) is 0 Å². The van der Waals surface area contributed by atoms with Gasteiger partial charge in [0.2, 0.25) is 0 Å². The van der Waals surface area contributed by atoms with Gasteiger partial charge in [-0.25, -0.2) is 4.79 Å². The number of hydrogen-bond acceptors (Lipinski definition) is 1. The zero-order chi connectivity index (χ0) is 13.0. The smallest absolute Gasteiger partial charge is 0.328 e. The lowest BCUT2D eigenvalue weighted by Gasteiger charge is -2.04. The second kappa shape index (κ2) is 5.65. The van der Waals surface area contributed by atoms with E-state index in [1.54, 1.807) is 6.08 Å². The Bertz CT molecular complexity index is 586. The normalized spacial score (nSPS) is 10.7. The second-order valence-electron chi connectivity index (χ2n) is 3.77. The highest BCUT2D eigenvalue weighted by atomic mass is 79.9. The van der Waals surface area contributed by atoms with Crippen LogP contribution in [0.1, 0.15) is 5.56 Å². The van der Waals surface area contributed by atoms with Gasteiger partial charge in [0.05, 0.1) is 0 Å². The first-order valence-electron chi connectivity index (χ1n) is 5.43. The van der Waals surface area contributed by atoms with Gasteiger partial charge in [0, 0.05) is 10.5 Å². The summed E-state index contributed by atoms with van der Waals surface area (Å²) in [5.41, 5.74) is 3.08. The highest BCUT2D eigenvalue weighted by Gasteiger charge is 2.01. The predicted molar refractivity (Wildman–Crippen MR) is 76.2 cm³/mol. The lowest BCUT2D eigenvalue weighted by molar-refractivity contribution is -0.131. The Labute approximate surface area is 114 Å². The summed E-state index contributed by atoms with van der Waals surface area (Å²) in [6, 6.07) is 15.7. The van der Waals surface area contributed by atoms with Crippen LogP contribution in [0.15, 0.2) is 59.1 Å². The molecule has 2 aromatic rings. The van der Waals surface area contributed by atoms with E-state index in [4.69, 9.17) is 5.11 Å². The molecule has 0 unspecified atom stereocenters. The van der Waals surface area contributed by atoms with Gasteiger partial charge in [0.25, 0.3) is 0 Å². The van der Waals surface area contributed by atoms with Crippen molar-refractivity contribution in [2.45, 2.75) is 0 Å². The molecule has 3 heteroatoms. The van der Waals surface area contributed by atoms with E-state index in [-0.39, 0.29) is 0 Å². The minimum absolute atomic E-state index is 0.869. The molecule has 0 aliphatic carbocycles. The molecule has 90 valence electrons. The number of rotatable bonds is 3. The van der Waals surface area contributed by atoms with Gasteiger partial charge in [-0.3, -0.25) is 0 Å². The van der Waals surface area contributed by atoms with Crippen LogP contribution in [-0.4, -0.2) is 11.1 Å². The Morgan fingerprint density at radius 1 is 1.06 bits per heavy atom. The van der Waals surface area contributed by atoms with E-state index < -0.39 is 5.97 Å². The number of aliphatic carboxylic acids is 1. The summed E-state index contributed by atoms with van der Waals surface area (Å²) in [7, 11) is 0. The maximum Gasteiger partial charge on any atom is 0.328 e. The molecule has 0 saturated heterocycles. The minimum atomic E-state index is -0.940. The molecule has 0 atom stereocenters. The Kier molecular flexibility index (Phi) is 3.95. The summed E-state index contributed by atoms with van der Waals surface area (Å²) >= 11 is 3.51. The fourth-order valence-electron chi connectivity index (χ4n) is 1.64. The van der Waals surface area contributed by atoms with Crippen molar-refractivity contribution >= 4 is 28.0 Å². The second-order valence-corrected chi connectivity index (χ2v) is 4.63. The van der Waals surface area contributed by atoms with Gasteiger partial charge in [-0.1, -0.05) is 58.4 Å². The van der Waals surface area contributed by atoms with Crippen LogP contribution in [0.3, 0.4) is 0 Å². The first kappa shape index (κ1) is 12.6. The van der Waals surface area contributed by atoms with Crippen molar-refractivity contribution in [1.29, 1.82) is 0 Å². The Morgan fingerprint density at radius 2 is 1.72 bits per heavy atom. The lowest BCUT2D eigenvalue weighted by atomic mass is 10.0. The van der Waals surface area contributed by atoms with Crippen LogP contribution in [0.4, 0.5) is 0 Å². The van der Waals surface area contributed by atoms with Gasteiger partial charge >= 0.3 is 5.97 Å².